The van der Waals surface area contributed by atoms with Gasteiger partial charge < -0.3 is 4.74 Å². The quantitative estimate of drug-likeness (QED) is 0.333. The van der Waals surface area contributed by atoms with Crippen LogP contribution in [-0.2, 0) is 4.74 Å². The van der Waals surface area contributed by atoms with Gasteiger partial charge in [-0.1, -0.05) is 36.4 Å². The van der Waals surface area contributed by atoms with Crippen LogP contribution in [0.1, 0.15) is 37.2 Å². The summed E-state index contributed by atoms with van der Waals surface area (Å²) < 4.78 is 5.35. The zero-order valence-corrected chi connectivity index (χ0v) is 15.4. The second-order valence-electron chi connectivity index (χ2n) is 5.42. The largest absolute Gasteiger partial charge is 0.461 e. The lowest BCUT2D eigenvalue weighted by Gasteiger charge is -2.05. The molecular formula is C19H17NO3S2. The molecule has 3 rings (SSSR count). The Kier molecular flexibility index (Phi) is 5.73. The van der Waals surface area contributed by atoms with Gasteiger partial charge in [-0.2, -0.15) is 0 Å². The number of nitrogens with zero attached hydrogens (tertiary/aromatic N) is 1. The molecule has 6 heteroatoms. The van der Waals surface area contributed by atoms with Gasteiger partial charge in [-0.3, -0.25) is 4.79 Å². The van der Waals surface area contributed by atoms with Crippen molar-refractivity contribution in [2.75, 3.05) is 6.61 Å². The van der Waals surface area contributed by atoms with Gasteiger partial charge in [0.25, 0.3) is 0 Å². The fourth-order valence-corrected chi connectivity index (χ4v) is 3.91. The van der Waals surface area contributed by atoms with E-state index >= 15 is 0 Å². The highest BCUT2D eigenvalue weighted by Gasteiger charge is 2.19. The molecule has 0 N–H and O–H groups in total. The molecule has 0 unspecified atom stereocenters. The number of thiophene rings is 1. The number of aryl methyl sites for hydroxylation is 1. The number of ketones is 1. The maximum Gasteiger partial charge on any atom is 0.350 e. The van der Waals surface area contributed by atoms with Gasteiger partial charge in [0, 0.05) is 12.0 Å². The summed E-state index contributed by atoms with van der Waals surface area (Å²) in [6, 6.07) is 13.3. The first-order chi connectivity index (χ1) is 12.1. The highest BCUT2D eigenvalue weighted by atomic mass is 32.1. The fourth-order valence-electron chi connectivity index (χ4n) is 2.38. The molecule has 2 aromatic heterocycles. The molecule has 0 bridgehead atoms. The Hall–Kier alpha value is -2.31. The number of Topliss-reactive ketones (excluding diaryl/α,β-unsaturated/α-hetero) is 1. The molecule has 0 radical (unpaired) electrons. The molecule has 3 aromatic rings. The molecule has 2 heterocycles. The van der Waals surface area contributed by atoms with Gasteiger partial charge >= 0.3 is 5.97 Å². The molecule has 0 fully saturated rings. The summed E-state index contributed by atoms with van der Waals surface area (Å²) in [5.41, 5.74) is 1.55. The topological polar surface area (TPSA) is 56.3 Å². The monoisotopic (exact) mass is 371 g/mol. The number of esters is 1. The Morgan fingerprint density at radius 2 is 1.92 bits per heavy atom. The van der Waals surface area contributed by atoms with Crippen LogP contribution >= 0.6 is 22.7 Å². The van der Waals surface area contributed by atoms with Crippen LogP contribution in [0, 0.1) is 6.92 Å². The SMILES string of the molecule is Cc1nc(-c2ccccc2)c(C(=O)OCCCC(=O)c2cccs2)s1. The van der Waals surface area contributed by atoms with Gasteiger partial charge in [0.1, 0.15) is 4.88 Å². The molecule has 128 valence electrons. The summed E-state index contributed by atoms with van der Waals surface area (Å²) >= 11 is 2.76. The lowest BCUT2D eigenvalue weighted by Crippen LogP contribution is -2.07. The summed E-state index contributed by atoms with van der Waals surface area (Å²) in [5, 5.41) is 2.70. The van der Waals surface area contributed by atoms with Crippen LogP contribution in [0.25, 0.3) is 11.3 Å². The Morgan fingerprint density at radius 3 is 2.64 bits per heavy atom. The normalized spacial score (nSPS) is 10.6. The van der Waals surface area contributed by atoms with E-state index in [2.05, 4.69) is 4.98 Å². The second kappa shape index (κ2) is 8.18. The molecule has 1 aromatic carbocycles. The van der Waals surface area contributed by atoms with Crippen LogP contribution in [-0.4, -0.2) is 23.3 Å². The molecule has 0 spiro atoms. The van der Waals surface area contributed by atoms with Crippen LogP contribution in [0.15, 0.2) is 47.8 Å². The average Bonchev–Trinajstić information content (AvgIpc) is 3.29. The standard InChI is InChI=1S/C19H17NO3S2/c1-13-20-17(14-7-3-2-4-8-14)18(25-13)19(22)23-11-5-9-15(21)16-10-6-12-24-16/h2-4,6-8,10,12H,5,9,11H2,1H3. The Balaban J connectivity index is 1.58. The molecule has 0 aliphatic carbocycles. The van der Waals surface area contributed by atoms with E-state index in [0.717, 1.165) is 15.4 Å². The third kappa shape index (κ3) is 4.41. The summed E-state index contributed by atoms with van der Waals surface area (Å²) in [7, 11) is 0. The molecule has 0 atom stereocenters. The molecule has 4 nitrogen and oxygen atoms in total. The predicted molar refractivity (Wildman–Crippen MR) is 100 cm³/mol. The van der Waals surface area contributed by atoms with Gasteiger partial charge in [-0.15, -0.1) is 22.7 Å². The van der Waals surface area contributed by atoms with Crippen molar-refractivity contribution in [3.63, 3.8) is 0 Å². The van der Waals surface area contributed by atoms with E-state index in [1.54, 1.807) is 0 Å². The van der Waals surface area contributed by atoms with Crippen molar-refractivity contribution >= 4 is 34.4 Å². The third-order valence-corrected chi connectivity index (χ3v) is 5.41. The van der Waals surface area contributed by atoms with E-state index < -0.39 is 0 Å². The van der Waals surface area contributed by atoms with Crippen LogP contribution in [0.2, 0.25) is 0 Å². The van der Waals surface area contributed by atoms with Gasteiger partial charge in [0.05, 0.1) is 22.2 Å². The number of ether oxygens (including phenoxy) is 1. The molecule has 0 aliphatic heterocycles. The van der Waals surface area contributed by atoms with Crippen molar-refractivity contribution in [3.8, 4) is 11.3 Å². The fraction of sp³-hybridized carbons (Fsp3) is 0.211. The summed E-state index contributed by atoms with van der Waals surface area (Å²) in [4.78, 5) is 30.0. The van der Waals surface area contributed by atoms with E-state index in [1.807, 2.05) is 54.8 Å². The number of carbonyl (C=O) groups excluding carboxylic acids is 2. The molecule has 0 saturated carbocycles. The molecule has 0 saturated heterocycles. The maximum atomic E-state index is 12.4. The van der Waals surface area contributed by atoms with Crippen molar-refractivity contribution in [3.05, 3.63) is 62.6 Å². The minimum atomic E-state index is -0.381. The summed E-state index contributed by atoms with van der Waals surface area (Å²) in [5.74, 6) is -0.294. The molecule has 25 heavy (non-hydrogen) atoms. The van der Waals surface area contributed by atoms with Crippen molar-refractivity contribution in [1.82, 2.24) is 4.98 Å². The lowest BCUT2D eigenvalue weighted by atomic mass is 10.1. The first-order valence-electron chi connectivity index (χ1n) is 7.92. The Bertz CT molecular complexity index is 854. The van der Waals surface area contributed by atoms with E-state index in [1.165, 1.54) is 22.7 Å². The van der Waals surface area contributed by atoms with Crippen molar-refractivity contribution < 1.29 is 14.3 Å². The van der Waals surface area contributed by atoms with Crippen molar-refractivity contribution in [2.24, 2.45) is 0 Å². The van der Waals surface area contributed by atoms with Crippen LogP contribution < -0.4 is 0 Å². The zero-order chi connectivity index (χ0) is 17.6. The number of thiazole rings is 1. The second-order valence-corrected chi connectivity index (χ2v) is 7.57. The van der Waals surface area contributed by atoms with Gasteiger partial charge in [0.15, 0.2) is 5.78 Å². The summed E-state index contributed by atoms with van der Waals surface area (Å²) in [6.45, 7) is 2.09. The number of aromatic nitrogens is 1. The minimum Gasteiger partial charge on any atom is -0.461 e. The zero-order valence-electron chi connectivity index (χ0n) is 13.7. The van der Waals surface area contributed by atoms with Gasteiger partial charge in [-0.05, 0) is 24.8 Å². The Morgan fingerprint density at radius 1 is 1.12 bits per heavy atom. The van der Waals surface area contributed by atoms with Gasteiger partial charge in [-0.25, -0.2) is 9.78 Å². The van der Waals surface area contributed by atoms with Crippen LogP contribution in [0.5, 0.6) is 0 Å². The van der Waals surface area contributed by atoms with E-state index in [4.69, 9.17) is 4.74 Å². The lowest BCUT2D eigenvalue weighted by molar-refractivity contribution is 0.0500. The van der Waals surface area contributed by atoms with Crippen molar-refractivity contribution in [1.29, 1.82) is 0 Å². The van der Waals surface area contributed by atoms with Crippen molar-refractivity contribution in [2.45, 2.75) is 19.8 Å². The third-order valence-electron chi connectivity index (χ3n) is 3.54. The minimum absolute atomic E-state index is 0.0876. The number of carbonyl (C=O) groups is 2. The molecule has 0 amide bonds. The van der Waals surface area contributed by atoms with E-state index in [9.17, 15) is 9.59 Å². The highest BCUT2D eigenvalue weighted by molar-refractivity contribution is 7.14. The van der Waals surface area contributed by atoms with Gasteiger partial charge in [0.2, 0.25) is 0 Å². The Labute approximate surface area is 154 Å². The van der Waals surface area contributed by atoms with Crippen LogP contribution in [0.3, 0.4) is 0 Å². The number of benzene rings is 1. The summed E-state index contributed by atoms with van der Waals surface area (Å²) in [6.07, 6.45) is 0.891. The van der Waals surface area contributed by atoms with E-state index in [0.29, 0.717) is 23.4 Å². The highest BCUT2D eigenvalue weighted by Crippen LogP contribution is 2.28. The molecular weight excluding hydrogens is 354 g/mol. The van der Waals surface area contributed by atoms with E-state index in [-0.39, 0.29) is 18.4 Å². The number of hydrogen-bond acceptors (Lipinski definition) is 6. The first kappa shape index (κ1) is 17.5. The maximum absolute atomic E-state index is 12.4. The predicted octanol–water partition coefficient (Wildman–Crippen LogP) is 5.00. The number of hydrogen-bond donors (Lipinski definition) is 0. The first-order valence-corrected chi connectivity index (χ1v) is 9.61. The molecule has 0 aliphatic rings. The smallest absolute Gasteiger partial charge is 0.350 e. The number of rotatable bonds is 7. The average molecular weight is 371 g/mol. The van der Waals surface area contributed by atoms with Crippen LogP contribution in [0.4, 0.5) is 0 Å².